The van der Waals surface area contributed by atoms with Gasteiger partial charge in [-0.1, -0.05) is 13.8 Å². The van der Waals surface area contributed by atoms with Crippen molar-refractivity contribution in [3.05, 3.63) is 46.2 Å². The number of fused-ring (bicyclic) bond motifs is 1. The Morgan fingerprint density at radius 2 is 2.37 bits per heavy atom. The molecule has 3 aromatic heterocycles. The SMILES string of the molecule is CC(C)c1cc(C(=O)N(Cc2ccsc2)C[C@@H]2CCCO2)nc2ncnn12. The maximum atomic E-state index is 13.4. The van der Waals surface area contributed by atoms with Gasteiger partial charge in [-0.2, -0.15) is 21.4 Å². The zero-order valence-corrected chi connectivity index (χ0v) is 16.4. The number of nitrogens with zero attached hydrogens (tertiary/aromatic N) is 5. The molecule has 1 amide bonds. The molecule has 142 valence electrons. The summed E-state index contributed by atoms with van der Waals surface area (Å²) in [5.74, 6) is 0.563. The smallest absolute Gasteiger partial charge is 0.273 e. The second kappa shape index (κ2) is 7.74. The normalized spacial score (nSPS) is 17.1. The van der Waals surface area contributed by atoms with Crippen molar-refractivity contribution in [2.24, 2.45) is 0 Å². The zero-order valence-electron chi connectivity index (χ0n) is 15.5. The second-order valence-corrected chi connectivity index (χ2v) is 7.93. The average molecular weight is 385 g/mol. The van der Waals surface area contributed by atoms with Gasteiger partial charge in [0.25, 0.3) is 11.7 Å². The monoisotopic (exact) mass is 385 g/mol. The molecule has 1 aliphatic rings. The molecule has 0 unspecified atom stereocenters. The Bertz CT molecular complexity index is 915. The summed E-state index contributed by atoms with van der Waals surface area (Å²) in [6, 6.07) is 3.89. The predicted molar refractivity (Wildman–Crippen MR) is 103 cm³/mol. The molecule has 3 aromatic rings. The molecule has 4 rings (SSSR count). The molecule has 0 saturated carbocycles. The van der Waals surface area contributed by atoms with Gasteiger partial charge in [0, 0.05) is 19.7 Å². The van der Waals surface area contributed by atoms with Crippen LogP contribution in [0.2, 0.25) is 0 Å². The number of rotatable bonds is 6. The number of ether oxygens (including phenoxy) is 1. The Morgan fingerprint density at radius 3 is 3.07 bits per heavy atom. The summed E-state index contributed by atoms with van der Waals surface area (Å²) in [6.07, 6.45) is 3.60. The summed E-state index contributed by atoms with van der Waals surface area (Å²) in [7, 11) is 0. The average Bonchev–Trinajstić information content (AvgIpc) is 3.41. The van der Waals surface area contributed by atoms with Crippen LogP contribution >= 0.6 is 11.3 Å². The van der Waals surface area contributed by atoms with Crippen molar-refractivity contribution < 1.29 is 9.53 Å². The van der Waals surface area contributed by atoms with Crippen LogP contribution in [0.25, 0.3) is 5.78 Å². The Labute approximate surface area is 162 Å². The molecule has 0 spiro atoms. The largest absolute Gasteiger partial charge is 0.376 e. The zero-order chi connectivity index (χ0) is 18.8. The van der Waals surface area contributed by atoms with Crippen LogP contribution in [0.4, 0.5) is 0 Å². The van der Waals surface area contributed by atoms with Crippen LogP contribution in [-0.2, 0) is 11.3 Å². The van der Waals surface area contributed by atoms with Gasteiger partial charge in [0.2, 0.25) is 0 Å². The van der Waals surface area contributed by atoms with Gasteiger partial charge in [0.05, 0.1) is 11.8 Å². The highest BCUT2D eigenvalue weighted by Gasteiger charge is 2.26. The number of aromatic nitrogens is 4. The van der Waals surface area contributed by atoms with E-state index in [9.17, 15) is 4.79 Å². The number of amides is 1. The summed E-state index contributed by atoms with van der Waals surface area (Å²) < 4.78 is 7.47. The minimum absolute atomic E-state index is 0.0916. The van der Waals surface area contributed by atoms with E-state index in [0.29, 0.717) is 24.6 Å². The lowest BCUT2D eigenvalue weighted by Gasteiger charge is -2.25. The minimum Gasteiger partial charge on any atom is -0.376 e. The van der Waals surface area contributed by atoms with Crippen molar-refractivity contribution in [3.8, 4) is 0 Å². The topological polar surface area (TPSA) is 72.6 Å². The Balaban J connectivity index is 1.66. The maximum absolute atomic E-state index is 13.4. The maximum Gasteiger partial charge on any atom is 0.273 e. The van der Waals surface area contributed by atoms with Crippen molar-refractivity contribution in [1.82, 2.24) is 24.5 Å². The van der Waals surface area contributed by atoms with E-state index in [0.717, 1.165) is 30.7 Å². The molecule has 1 saturated heterocycles. The fourth-order valence-electron chi connectivity index (χ4n) is 3.37. The first kappa shape index (κ1) is 18.1. The number of carbonyl (C=O) groups is 1. The summed E-state index contributed by atoms with van der Waals surface area (Å²) in [4.78, 5) is 23.9. The standard InChI is InChI=1S/C19H23N5O2S/c1-13(2)17-8-16(22-19-20-12-21-24(17)19)18(25)23(9-14-5-7-27-11-14)10-15-4-3-6-26-15/h5,7-8,11-13,15H,3-4,6,9-10H2,1-2H3/t15-/m0/s1. The Kier molecular flexibility index (Phi) is 5.18. The van der Waals surface area contributed by atoms with E-state index in [1.165, 1.54) is 6.33 Å². The van der Waals surface area contributed by atoms with Gasteiger partial charge in [-0.25, -0.2) is 9.50 Å². The van der Waals surface area contributed by atoms with Gasteiger partial charge in [-0.05, 0) is 47.2 Å². The fraction of sp³-hybridized carbons (Fsp3) is 0.474. The molecule has 0 radical (unpaired) electrons. The van der Waals surface area contributed by atoms with Crippen LogP contribution in [0.1, 0.15) is 54.4 Å². The molecule has 0 aliphatic carbocycles. The molecule has 8 heteroatoms. The molecular weight excluding hydrogens is 362 g/mol. The molecule has 1 atom stereocenters. The number of thiophene rings is 1. The summed E-state index contributed by atoms with van der Waals surface area (Å²) in [6.45, 7) is 6.04. The molecule has 4 heterocycles. The second-order valence-electron chi connectivity index (χ2n) is 7.15. The van der Waals surface area contributed by atoms with Crippen LogP contribution in [0.5, 0.6) is 0 Å². The van der Waals surface area contributed by atoms with E-state index in [2.05, 4.69) is 40.4 Å². The van der Waals surface area contributed by atoms with Gasteiger partial charge in [0.15, 0.2) is 0 Å². The van der Waals surface area contributed by atoms with Gasteiger partial charge in [-0.15, -0.1) is 0 Å². The van der Waals surface area contributed by atoms with Crippen LogP contribution in [-0.4, -0.2) is 49.6 Å². The third-order valence-electron chi connectivity index (χ3n) is 4.78. The van der Waals surface area contributed by atoms with E-state index in [-0.39, 0.29) is 17.9 Å². The highest BCUT2D eigenvalue weighted by atomic mass is 32.1. The van der Waals surface area contributed by atoms with Gasteiger partial charge < -0.3 is 9.64 Å². The van der Waals surface area contributed by atoms with E-state index in [1.54, 1.807) is 15.9 Å². The number of hydrogen-bond donors (Lipinski definition) is 0. The molecule has 1 fully saturated rings. The Morgan fingerprint density at radius 1 is 1.48 bits per heavy atom. The lowest BCUT2D eigenvalue weighted by atomic mass is 10.1. The molecular formula is C19H23N5O2S. The van der Waals surface area contributed by atoms with Gasteiger partial charge >= 0.3 is 0 Å². The first-order valence-electron chi connectivity index (χ1n) is 9.24. The first-order valence-corrected chi connectivity index (χ1v) is 10.2. The molecule has 7 nitrogen and oxygen atoms in total. The van der Waals surface area contributed by atoms with E-state index in [1.807, 2.05) is 16.3 Å². The van der Waals surface area contributed by atoms with Crippen LogP contribution in [0.3, 0.4) is 0 Å². The molecule has 0 bridgehead atoms. The van der Waals surface area contributed by atoms with Gasteiger partial charge in [-0.3, -0.25) is 4.79 Å². The summed E-state index contributed by atoms with van der Waals surface area (Å²) in [5, 5.41) is 8.33. The van der Waals surface area contributed by atoms with Crippen molar-refractivity contribution in [3.63, 3.8) is 0 Å². The lowest BCUT2D eigenvalue weighted by molar-refractivity contribution is 0.0503. The number of hydrogen-bond acceptors (Lipinski definition) is 6. The van der Waals surface area contributed by atoms with Crippen molar-refractivity contribution >= 4 is 23.0 Å². The lowest BCUT2D eigenvalue weighted by Crippen LogP contribution is -2.37. The first-order chi connectivity index (χ1) is 13.1. The van der Waals surface area contributed by atoms with Gasteiger partial charge in [0.1, 0.15) is 12.0 Å². The van der Waals surface area contributed by atoms with E-state index in [4.69, 9.17) is 4.74 Å². The number of carbonyl (C=O) groups excluding carboxylic acids is 1. The van der Waals surface area contributed by atoms with Crippen molar-refractivity contribution in [2.45, 2.75) is 45.3 Å². The molecule has 0 aromatic carbocycles. The minimum atomic E-state index is -0.0934. The third-order valence-corrected chi connectivity index (χ3v) is 5.51. The molecule has 27 heavy (non-hydrogen) atoms. The summed E-state index contributed by atoms with van der Waals surface area (Å²) >= 11 is 1.63. The van der Waals surface area contributed by atoms with E-state index >= 15 is 0 Å². The quantitative estimate of drug-likeness (QED) is 0.652. The molecule has 1 aliphatic heterocycles. The van der Waals surface area contributed by atoms with Crippen LogP contribution < -0.4 is 0 Å². The Hall–Kier alpha value is -2.32. The third kappa shape index (κ3) is 3.86. The van der Waals surface area contributed by atoms with Crippen molar-refractivity contribution in [1.29, 1.82) is 0 Å². The molecule has 0 N–H and O–H groups in total. The van der Waals surface area contributed by atoms with Crippen LogP contribution in [0, 0.1) is 0 Å². The summed E-state index contributed by atoms with van der Waals surface area (Å²) in [5.41, 5.74) is 2.46. The highest BCUT2D eigenvalue weighted by molar-refractivity contribution is 7.07. The highest BCUT2D eigenvalue weighted by Crippen LogP contribution is 2.20. The van der Waals surface area contributed by atoms with E-state index < -0.39 is 0 Å². The predicted octanol–water partition coefficient (Wildman–Crippen LogP) is 3.13. The van der Waals surface area contributed by atoms with Crippen LogP contribution in [0.15, 0.2) is 29.2 Å². The van der Waals surface area contributed by atoms with Crippen molar-refractivity contribution in [2.75, 3.05) is 13.2 Å². The fourth-order valence-corrected chi connectivity index (χ4v) is 4.03.